The van der Waals surface area contributed by atoms with Gasteiger partial charge in [-0.3, -0.25) is 4.79 Å². The Hall–Kier alpha value is -2.25. The largest absolute Gasteiger partial charge is 0.506 e. The van der Waals surface area contributed by atoms with Crippen LogP contribution in [0.25, 0.3) is 0 Å². The molecular weight excluding hydrogens is 740 g/mol. The van der Waals surface area contributed by atoms with Gasteiger partial charge in [0.15, 0.2) is 0 Å². The molecule has 0 saturated heterocycles. The van der Waals surface area contributed by atoms with Crippen molar-refractivity contribution in [2.24, 2.45) is 0 Å². The molecule has 3 rings (SSSR count). The number of nitriles is 1. The van der Waals surface area contributed by atoms with Crippen LogP contribution in [0.1, 0.15) is 38.5 Å². The SMILES string of the molecule is N#CC(c1ccc(Cl)c(C(F)(F)F)c1)c1ccc(NC(=O)c2cc(I)cc(I)c2O)cc1C(F)(F)F. The third-order valence-electron chi connectivity index (χ3n) is 4.96. The first-order valence-electron chi connectivity index (χ1n) is 9.60. The lowest BCUT2D eigenvalue weighted by molar-refractivity contribution is -0.139. The fourth-order valence-electron chi connectivity index (χ4n) is 3.33. The molecule has 0 spiro atoms. The highest BCUT2D eigenvalue weighted by atomic mass is 127. The van der Waals surface area contributed by atoms with Gasteiger partial charge in [-0.15, -0.1) is 0 Å². The molecule has 1 unspecified atom stereocenters. The van der Waals surface area contributed by atoms with Crippen molar-refractivity contribution in [3.8, 4) is 11.8 Å². The number of hydrogen-bond acceptors (Lipinski definition) is 3. The number of rotatable bonds is 4. The molecule has 4 nitrogen and oxygen atoms in total. The Labute approximate surface area is 232 Å². The molecule has 0 fully saturated rings. The standard InChI is InChI=1S/C23H11ClF6I2N2O2/c24-18-4-1-10(5-17(18)23(28,29)30)15(9-33)13-3-2-12(8-16(13)22(25,26)27)34-21(36)14-6-11(31)7-19(32)20(14)35/h1-8,15,35H,(H,34,36). The lowest BCUT2D eigenvalue weighted by Gasteiger charge is -2.20. The van der Waals surface area contributed by atoms with Crippen LogP contribution in [0.3, 0.4) is 0 Å². The minimum absolute atomic E-state index is 0.167. The van der Waals surface area contributed by atoms with Gasteiger partial charge in [-0.2, -0.15) is 31.6 Å². The van der Waals surface area contributed by atoms with Gasteiger partial charge in [-0.05, 0) is 92.7 Å². The average molecular weight is 751 g/mol. The van der Waals surface area contributed by atoms with Crippen molar-refractivity contribution in [1.29, 1.82) is 5.26 Å². The van der Waals surface area contributed by atoms with Crippen LogP contribution >= 0.6 is 56.8 Å². The minimum atomic E-state index is -5.01. The van der Waals surface area contributed by atoms with E-state index in [1.165, 1.54) is 6.07 Å². The zero-order chi connectivity index (χ0) is 27.0. The van der Waals surface area contributed by atoms with Gasteiger partial charge in [0.05, 0.1) is 37.3 Å². The number of nitrogens with zero attached hydrogens (tertiary/aromatic N) is 1. The highest BCUT2D eigenvalue weighted by molar-refractivity contribution is 14.1. The fraction of sp³-hybridized carbons (Fsp3) is 0.130. The van der Waals surface area contributed by atoms with E-state index in [0.29, 0.717) is 19.3 Å². The van der Waals surface area contributed by atoms with E-state index in [2.05, 4.69) is 5.32 Å². The molecule has 13 heteroatoms. The quantitative estimate of drug-likeness (QED) is 0.209. The predicted octanol–water partition coefficient (Wildman–Crippen LogP) is 8.20. The number of amides is 1. The summed E-state index contributed by atoms with van der Waals surface area (Å²) < 4.78 is 82.5. The van der Waals surface area contributed by atoms with E-state index >= 15 is 0 Å². The number of anilines is 1. The molecule has 3 aromatic carbocycles. The number of benzene rings is 3. The van der Waals surface area contributed by atoms with Crippen LogP contribution in [0, 0.1) is 18.5 Å². The van der Waals surface area contributed by atoms with E-state index in [1.54, 1.807) is 34.7 Å². The van der Waals surface area contributed by atoms with Crippen molar-refractivity contribution in [1.82, 2.24) is 0 Å². The number of nitrogens with one attached hydrogen (secondary N) is 1. The van der Waals surface area contributed by atoms with Crippen LogP contribution in [0.2, 0.25) is 5.02 Å². The van der Waals surface area contributed by atoms with E-state index in [0.717, 1.165) is 24.3 Å². The number of halogens is 9. The van der Waals surface area contributed by atoms with E-state index < -0.39 is 45.9 Å². The van der Waals surface area contributed by atoms with Crippen LogP contribution in [0.5, 0.6) is 5.75 Å². The van der Waals surface area contributed by atoms with Crippen LogP contribution in [0.4, 0.5) is 32.0 Å². The Balaban J connectivity index is 2.06. The van der Waals surface area contributed by atoms with Crippen molar-refractivity contribution < 1.29 is 36.2 Å². The van der Waals surface area contributed by atoms with Crippen LogP contribution in [-0.4, -0.2) is 11.0 Å². The Bertz CT molecular complexity index is 1390. The summed E-state index contributed by atoms with van der Waals surface area (Å²) in [7, 11) is 0. The number of carbonyl (C=O) groups is 1. The first-order chi connectivity index (χ1) is 16.6. The summed E-state index contributed by atoms with van der Waals surface area (Å²) in [6.45, 7) is 0. The van der Waals surface area contributed by atoms with Gasteiger partial charge in [0.1, 0.15) is 5.75 Å². The van der Waals surface area contributed by atoms with E-state index in [1.807, 2.05) is 22.6 Å². The van der Waals surface area contributed by atoms with Gasteiger partial charge in [-0.1, -0.05) is 23.7 Å². The zero-order valence-electron chi connectivity index (χ0n) is 17.4. The molecule has 188 valence electrons. The number of carbonyl (C=O) groups excluding carboxylic acids is 1. The summed E-state index contributed by atoms with van der Waals surface area (Å²) in [5.41, 5.74) is -4.02. The molecule has 0 radical (unpaired) electrons. The average Bonchev–Trinajstić information content (AvgIpc) is 2.77. The number of hydrogen-bond donors (Lipinski definition) is 2. The smallest absolute Gasteiger partial charge is 0.417 e. The van der Waals surface area contributed by atoms with E-state index in [9.17, 15) is 41.5 Å². The van der Waals surface area contributed by atoms with Gasteiger partial charge >= 0.3 is 12.4 Å². The van der Waals surface area contributed by atoms with Crippen molar-refractivity contribution in [2.75, 3.05) is 5.32 Å². The summed E-state index contributed by atoms with van der Waals surface area (Å²) in [4.78, 5) is 12.6. The molecule has 2 N–H and O–H groups in total. The maximum atomic E-state index is 13.9. The monoisotopic (exact) mass is 750 g/mol. The molecule has 0 aliphatic heterocycles. The normalized spacial score (nSPS) is 12.7. The lowest BCUT2D eigenvalue weighted by atomic mass is 9.87. The molecule has 0 aliphatic carbocycles. The van der Waals surface area contributed by atoms with Crippen molar-refractivity contribution >= 4 is 68.4 Å². The molecule has 36 heavy (non-hydrogen) atoms. The van der Waals surface area contributed by atoms with Gasteiger partial charge < -0.3 is 10.4 Å². The van der Waals surface area contributed by atoms with Crippen LogP contribution < -0.4 is 5.32 Å². The Morgan fingerprint density at radius 2 is 1.61 bits per heavy atom. The molecule has 0 aromatic heterocycles. The second-order valence-corrected chi connectivity index (χ2v) is 10.2. The van der Waals surface area contributed by atoms with Crippen LogP contribution in [0.15, 0.2) is 48.5 Å². The summed E-state index contributed by atoms with van der Waals surface area (Å²) in [5.74, 6) is -2.95. The van der Waals surface area contributed by atoms with Crippen LogP contribution in [-0.2, 0) is 12.4 Å². The molecule has 3 aromatic rings. The third-order valence-corrected chi connectivity index (χ3v) is 6.73. The van der Waals surface area contributed by atoms with Crippen molar-refractivity contribution in [3.63, 3.8) is 0 Å². The molecule has 1 amide bonds. The first kappa shape index (κ1) is 28.3. The highest BCUT2D eigenvalue weighted by Gasteiger charge is 2.38. The van der Waals surface area contributed by atoms with E-state index in [4.69, 9.17) is 11.6 Å². The maximum absolute atomic E-state index is 13.9. The minimum Gasteiger partial charge on any atom is -0.506 e. The molecular formula is C23H11ClF6I2N2O2. The molecule has 1 atom stereocenters. The summed E-state index contributed by atoms with van der Waals surface area (Å²) in [5, 5.41) is 21.4. The van der Waals surface area contributed by atoms with E-state index in [-0.39, 0.29) is 22.6 Å². The number of alkyl halides is 6. The Morgan fingerprint density at radius 3 is 2.19 bits per heavy atom. The molecule has 0 aliphatic rings. The predicted molar refractivity (Wildman–Crippen MR) is 137 cm³/mol. The lowest BCUT2D eigenvalue weighted by Crippen LogP contribution is -2.16. The van der Waals surface area contributed by atoms with Gasteiger partial charge in [0, 0.05) is 9.26 Å². The first-order valence-corrected chi connectivity index (χ1v) is 12.1. The molecule has 0 saturated carbocycles. The fourth-order valence-corrected chi connectivity index (χ4v) is 5.40. The van der Waals surface area contributed by atoms with Gasteiger partial charge in [-0.25, -0.2) is 0 Å². The second kappa shape index (κ2) is 10.6. The van der Waals surface area contributed by atoms with Crippen molar-refractivity contribution in [2.45, 2.75) is 18.3 Å². The third kappa shape index (κ3) is 6.17. The second-order valence-electron chi connectivity index (χ2n) is 7.34. The number of phenols is 1. The summed E-state index contributed by atoms with van der Waals surface area (Å²) in [6, 6.07) is 9.57. The number of phenolic OH excluding ortho intramolecular Hbond substituents is 1. The Morgan fingerprint density at radius 1 is 0.972 bits per heavy atom. The van der Waals surface area contributed by atoms with Crippen molar-refractivity contribution in [3.05, 3.63) is 88.5 Å². The van der Waals surface area contributed by atoms with Gasteiger partial charge in [0.2, 0.25) is 0 Å². The number of aromatic hydroxyl groups is 1. The zero-order valence-corrected chi connectivity index (χ0v) is 22.5. The molecule has 0 heterocycles. The Kier molecular flexibility index (Phi) is 8.36. The summed E-state index contributed by atoms with van der Waals surface area (Å²) in [6.07, 6.45) is -9.89. The maximum Gasteiger partial charge on any atom is 0.417 e. The topological polar surface area (TPSA) is 73.1 Å². The van der Waals surface area contributed by atoms with Gasteiger partial charge in [0.25, 0.3) is 5.91 Å². The highest BCUT2D eigenvalue weighted by Crippen LogP contribution is 2.41. The summed E-state index contributed by atoms with van der Waals surface area (Å²) >= 11 is 9.28. The molecule has 0 bridgehead atoms.